The lowest BCUT2D eigenvalue weighted by Gasteiger charge is -2.14. The van der Waals surface area contributed by atoms with Gasteiger partial charge in [0, 0.05) is 69.0 Å². The predicted molar refractivity (Wildman–Crippen MR) is 236 cm³/mol. The van der Waals surface area contributed by atoms with Crippen molar-refractivity contribution < 1.29 is 9.59 Å². The van der Waals surface area contributed by atoms with Crippen molar-refractivity contribution in [2.24, 2.45) is 4.99 Å². The number of amides is 2. The van der Waals surface area contributed by atoms with Gasteiger partial charge in [0.1, 0.15) is 16.9 Å². The molecular formula is C44H51ClN10O3S. The van der Waals surface area contributed by atoms with Gasteiger partial charge < -0.3 is 20.9 Å². The number of carbonyl (C=O) groups is 2. The highest BCUT2D eigenvalue weighted by molar-refractivity contribution is 7.15. The summed E-state index contributed by atoms with van der Waals surface area (Å²) >= 11 is 7.94. The standard InChI is InChI=1S/C44H51ClN10O3S/c1-24(2)55-37-20-32(19-33(35(37)23-49-55)42(57)48-22-34-25(3)18-26(4)50-43(34)58)46-16-10-8-9-11-17-47-38(56)21-36-41-53-52-29(7)54(41)44-39(27(5)28(6)59-44)40(51-36)30-12-14-31(45)15-13-30/h12-15,18-20,23-24,36,46H,8-11,16-17,21-22H2,1-7H3,(H,47,56)(H,48,57)(H,50,58)/t36-/m0/s1. The number of anilines is 1. The third-order valence-electron chi connectivity index (χ3n) is 10.9. The second-order valence-electron chi connectivity index (χ2n) is 15.6. The van der Waals surface area contributed by atoms with Crippen LogP contribution in [0.15, 0.2) is 58.4 Å². The summed E-state index contributed by atoms with van der Waals surface area (Å²) in [5, 5.41) is 25.5. The SMILES string of the molecule is Cc1cc(C)c(CNC(=O)c2cc(NCCCCCCNC(=O)C[C@@H]3N=C(c4ccc(Cl)cc4)c4c(sc(C)c4C)-n4c(C)nnc43)cc3c2cnn3C(C)C)c(=O)[nH]1. The molecule has 0 saturated heterocycles. The summed E-state index contributed by atoms with van der Waals surface area (Å²) in [5.74, 6) is 1.06. The number of nitrogens with zero attached hydrogens (tertiary/aromatic N) is 6. The van der Waals surface area contributed by atoms with Gasteiger partial charge in [-0.3, -0.25) is 28.6 Å². The predicted octanol–water partition coefficient (Wildman–Crippen LogP) is 8.14. The Morgan fingerprint density at radius 2 is 1.69 bits per heavy atom. The van der Waals surface area contributed by atoms with Crippen molar-refractivity contribution in [2.75, 3.05) is 18.4 Å². The topological polar surface area (TPSA) is 164 Å². The van der Waals surface area contributed by atoms with Gasteiger partial charge in [-0.1, -0.05) is 36.6 Å². The molecule has 0 unspecified atom stereocenters. The molecule has 0 radical (unpaired) electrons. The van der Waals surface area contributed by atoms with Gasteiger partial charge in [-0.25, -0.2) is 0 Å². The lowest BCUT2D eigenvalue weighted by molar-refractivity contribution is -0.121. The summed E-state index contributed by atoms with van der Waals surface area (Å²) in [6.07, 6.45) is 5.54. The molecule has 13 nitrogen and oxygen atoms in total. The minimum atomic E-state index is -0.515. The number of halogens is 1. The summed E-state index contributed by atoms with van der Waals surface area (Å²) in [6, 6.07) is 13.0. The van der Waals surface area contributed by atoms with Crippen LogP contribution >= 0.6 is 22.9 Å². The zero-order valence-corrected chi connectivity index (χ0v) is 36.2. The molecule has 0 bridgehead atoms. The van der Waals surface area contributed by atoms with E-state index in [2.05, 4.69) is 68.5 Å². The number of hydrogen-bond donors (Lipinski definition) is 4. The molecule has 0 aliphatic carbocycles. The van der Waals surface area contributed by atoms with Crippen LogP contribution in [-0.2, 0) is 11.3 Å². The number of benzene rings is 2. The maximum atomic E-state index is 13.6. The van der Waals surface area contributed by atoms with E-state index in [0.29, 0.717) is 35.1 Å². The Balaban J connectivity index is 0.934. The molecule has 7 rings (SSSR count). The average molecular weight is 835 g/mol. The minimum Gasteiger partial charge on any atom is -0.385 e. The third-order valence-corrected chi connectivity index (χ3v) is 12.3. The van der Waals surface area contributed by atoms with E-state index in [9.17, 15) is 14.4 Å². The quantitative estimate of drug-likeness (QED) is 0.0759. The van der Waals surface area contributed by atoms with Crippen LogP contribution < -0.4 is 21.5 Å². The number of aliphatic imine (C=N–C) groups is 1. The number of thiophene rings is 1. The number of H-pyrrole nitrogens is 1. The molecule has 1 aliphatic rings. The van der Waals surface area contributed by atoms with Crippen LogP contribution in [0.3, 0.4) is 0 Å². The summed E-state index contributed by atoms with van der Waals surface area (Å²) in [4.78, 5) is 48.8. The van der Waals surface area contributed by atoms with Crippen LogP contribution in [-0.4, -0.2) is 60.1 Å². The fraction of sp³-hybridized carbons (Fsp3) is 0.386. The second-order valence-corrected chi connectivity index (χ2v) is 17.2. The molecule has 5 heterocycles. The Bertz CT molecular complexity index is 2620. The van der Waals surface area contributed by atoms with Crippen LogP contribution in [0.5, 0.6) is 0 Å². The molecule has 0 fully saturated rings. The van der Waals surface area contributed by atoms with Crippen molar-refractivity contribution in [3.8, 4) is 5.00 Å². The monoisotopic (exact) mass is 834 g/mol. The smallest absolute Gasteiger partial charge is 0.253 e. The van der Waals surface area contributed by atoms with Gasteiger partial charge in [0.2, 0.25) is 5.91 Å². The van der Waals surface area contributed by atoms with Gasteiger partial charge in [0.05, 0.1) is 29.4 Å². The molecule has 6 aromatic rings. The molecular weight excluding hydrogens is 784 g/mol. The van der Waals surface area contributed by atoms with Crippen LogP contribution in [0.25, 0.3) is 15.9 Å². The largest absolute Gasteiger partial charge is 0.385 e. The number of aromatic amines is 1. The van der Waals surface area contributed by atoms with Gasteiger partial charge in [0.15, 0.2) is 5.82 Å². The van der Waals surface area contributed by atoms with E-state index < -0.39 is 6.04 Å². The third kappa shape index (κ3) is 8.88. The maximum absolute atomic E-state index is 13.6. The van der Waals surface area contributed by atoms with Crippen molar-refractivity contribution in [3.05, 3.63) is 120 Å². The number of rotatable bonds is 15. The molecule has 0 saturated carbocycles. The van der Waals surface area contributed by atoms with Gasteiger partial charge in [-0.15, -0.1) is 21.5 Å². The summed E-state index contributed by atoms with van der Waals surface area (Å²) in [7, 11) is 0. The number of nitrogens with one attached hydrogen (secondary N) is 4. The van der Waals surface area contributed by atoms with E-state index in [1.54, 1.807) is 17.5 Å². The summed E-state index contributed by atoms with van der Waals surface area (Å²) < 4.78 is 3.97. The van der Waals surface area contributed by atoms with Gasteiger partial charge in [-0.05, 0) is 103 Å². The molecule has 308 valence electrons. The van der Waals surface area contributed by atoms with E-state index in [0.717, 1.165) is 86.8 Å². The minimum absolute atomic E-state index is 0.0853. The van der Waals surface area contributed by atoms with E-state index >= 15 is 0 Å². The first-order chi connectivity index (χ1) is 28.3. The number of carbonyl (C=O) groups excluding carboxylic acids is 2. The van der Waals surface area contributed by atoms with Crippen molar-refractivity contribution in [1.82, 2.24) is 40.2 Å². The molecule has 2 aromatic carbocycles. The van der Waals surface area contributed by atoms with E-state index in [-0.39, 0.29) is 36.4 Å². The van der Waals surface area contributed by atoms with Gasteiger partial charge >= 0.3 is 0 Å². The van der Waals surface area contributed by atoms with Crippen LogP contribution in [0, 0.1) is 34.6 Å². The van der Waals surface area contributed by atoms with Crippen molar-refractivity contribution in [3.63, 3.8) is 0 Å². The first-order valence-electron chi connectivity index (χ1n) is 20.2. The molecule has 15 heteroatoms. The normalized spacial score (nSPS) is 13.6. The number of unbranched alkanes of at least 4 members (excludes halogenated alkanes) is 3. The molecule has 59 heavy (non-hydrogen) atoms. The number of aromatic nitrogens is 6. The maximum Gasteiger partial charge on any atom is 0.253 e. The zero-order valence-electron chi connectivity index (χ0n) is 34.6. The molecule has 1 aliphatic heterocycles. The number of aryl methyl sites for hydroxylation is 4. The number of hydrogen-bond acceptors (Lipinski definition) is 9. The van der Waals surface area contributed by atoms with Crippen molar-refractivity contribution in [2.45, 2.75) is 99.2 Å². The van der Waals surface area contributed by atoms with Crippen molar-refractivity contribution >= 4 is 57.1 Å². The first-order valence-corrected chi connectivity index (χ1v) is 21.4. The highest BCUT2D eigenvalue weighted by atomic mass is 35.5. The molecule has 1 atom stereocenters. The highest BCUT2D eigenvalue weighted by Crippen LogP contribution is 2.39. The Morgan fingerprint density at radius 3 is 2.42 bits per heavy atom. The van der Waals surface area contributed by atoms with Gasteiger partial charge in [-0.2, -0.15) is 5.10 Å². The Hall–Kier alpha value is -5.60. The molecule has 4 aromatic heterocycles. The molecule has 2 amide bonds. The van der Waals surface area contributed by atoms with E-state index in [4.69, 9.17) is 16.6 Å². The fourth-order valence-electron chi connectivity index (χ4n) is 7.66. The summed E-state index contributed by atoms with van der Waals surface area (Å²) in [5.41, 5.74) is 8.08. The zero-order chi connectivity index (χ0) is 42.0. The van der Waals surface area contributed by atoms with E-state index in [1.165, 1.54) is 4.88 Å². The Morgan fingerprint density at radius 1 is 0.949 bits per heavy atom. The first kappa shape index (κ1) is 41.6. The van der Waals surface area contributed by atoms with Crippen LogP contribution in [0.2, 0.25) is 5.02 Å². The number of pyridine rings is 1. The van der Waals surface area contributed by atoms with E-state index in [1.807, 2.05) is 67.9 Å². The Labute approximate surface area is 352 Å². The van der Waals surface area contributed by atoms with Crippen LogP contribution in [0.4, 0.5) is 5.69 Å². The lowest BCUT2D eigenvalue weighted by atomic mass is 9.99. The average Bonchev–Trinajstić information content (AvgIpc) is 3.85. The fourth-order valence-corrected chi connectivity index (χ4v) is 9.00. The van der Waals surface area contributed by atoms with Gasteiger partial charge in [0.25, 0.3) is 11.5 Å². The summed E-state index contributed by atoms with van der Waals surface area (Å²) in [6.45, 7) is 15.4. The van der Waals surface area contributed by atoms with Crippen molar-refractivity contribution in [1.29, 1.82) is 0 Å². The number of fused-ring (bicyclic) bond motifs is 4. The lowest BCUT2D eigenvalue weighted by Crippen LogP contribution is -2.28. The molecule has 0 spiro atoms. The second kappa shape index (κ2) is 17.7. The molecule has 4 N–H and O–H groups in total. The van der Waals surface area contributed by atoms with Crippen LogP contribution in [0.1, 0.15) is 118 Å². The Kier molecular flexibility index (Phi) is 12.5. The highest BCUT2D eigenvalue weighted by Gasteiger charge is 2.32.